The van der Waals surface area contributed by atoms with Gasteiger partial charge in [0, 0.05) is 42.9 Å². The Bertz CT molecular complexity index is 1260. The first kappa shape index (κ1) is 25.9. The molecule has 208 valence electrons. The molecule has 0 aromatic heterocycles. The van der Waals surface area contributed by atoms with Gasteiger partial charge in [0.25, 0.3) is 5.97 Å². The average Bonchev–Trinajstić information content (AvgIpc) is 3.31. The quantitative estimate of drug-likeness (QED) is 0.582. The SMILES string of the molecule is COc1c2c(c(C)c3c1C(=O)OC3)O[C@@]1(C)C[C@@H](O)[C@]34O[C@](OC)(C[C@@H](OC(C)=O)[C@]3(C)[C@H]1C2)OC4(C)C. The lowest BCUT2D eigenvalue weighted by atomic mass is 9.45. The number of cyclic esters (lactones) is 1. The fourth-order valence-corrected chi connectivity index (χ4v) is 8.60. The van der Waals surface area contributed by atoms with Crippen LogP contribution in [0.1, 0.15) is 74.5 Å². The third-order valence-corrected chi connectivity index (χ3v) is 10.0. The molecule has 0 unspecified atom stereocenters. The molecule has 0 radical (unpaired) electrons. The predicted molar refractivity (Wildman–Crippen MR) is 131 cm³/mol. The number of rotatable bonds is 3. The van der Waals surface area contributed by atoms with Crippen LogP contribution in [-0.4, -0.2) is 66.2 Å². The van der Waals surface area contributed by atoms with Crippen molar-refractivity contribution in [1.82, 2.24) is 0 Å². The van der Waals surface area contributed by atoms with Crippen LogP contribution in [0, 0.1) is 18.3 Å². The zero-order valence-electron chi connectivity index (χ0n) is 23.2. The van der Waals surface area contributed by atoms with Gasteiger partial charge in [-0.2, -0.15) is 0 Å². The lowest BCUT2D eigenvalue weighted by Crippen LogP contribution is -2.80. The summed E-state index contributed by atoms with van der Waals surface area (Å²) in [4.78, 5) is 25.1. The molecule has 5 aliphatic rings. The Kier molecular flexibility index (Phi) is 5.18. The van der Waals surface area contributed by atoms with Gasteiger partial charge in [0.1, 0.15) is 46.6 Å². The molecule has 38 heavy (non-hydrogen) atoms. The molecule has 1 spiro atoms. The number of aliphatic hydroxyl groups excluding tert-OH is 1. The Morgan fingerprint density at radius 1 is 1.08 bits per heavy atom. The number of esters is 2. The summed E-state index contributed by atoms with van der Waals surface area (Å²) >= 11 is 0. The topological polar surface area (TPSA) is 119 Å². The fourth-order valence-electron chi connectivity index (χ4n) is 8.60. The lowest BCUT2D eigenvalue weighted by molar-refractivity contribution is -0.410. The molecular formula is C28H36O10. The number of fused-ring (bicyclic) bond motifs is 5. The third-order valence-electron chi connectivity index (χ3n) is 10.0. The number of benzene rings is 1. The van der Waals surface area contributed by atoms with Gasteiger partial charge in [-0.25, -0.2) is 4.79 Å². The minimum absolute atomic E-state index is 0.115. The van der Waals surface area contributed by atoms with Gasteiger partial charge < -0.3 is 38.3 Å². The van der Waals surface area contributed by atoms with Crippen LogP contribution < -0.4 is 9.47 Å². The summed E-state index contributed by atoms with van der Waals surface area (Å²) in [5.74, 6) is -1.63. The lowest BCUT2D eigenvalue weighted by Gasteiger charge is -2.67. The highest BCUT2D eigenvalue weighted by atomic mass is 16.9. The molecule has 0 amide bonds. The molecule has 2 bridgehead atoms. The number of hydrogen-bond donors (Lipinski definition) is 1. The summed E-state index contributed by atoms with van der Waals surface area (Å²) in [5.41, 5.74) is -1.45. The van der Waals surface area contributed by atoms with E-state index in [0.717, 1.165) is 16.7 Å². The van der Waals surface area contributed by atoms with Crippen molar-refractivity contribution in [2.24, 2.45) is 11.3 Å². The van der Waals surface area contributed by atoms with Crippen LogP contribution in [0.4, 0.5) is 0 Å². The zero-order chi connectivity index (χ0) is 27.6. The van der Waals surface area contributed by atoms with Crippen LogP contribution in [-0.2, 0) is 41.5 Å². The van der Waals surface area contributed by atoms with Crippen LogP contribution >= 0.6 is 0 Å². The number of hydrogen-bond acceptors (Lipinski definition) is 10. The Hall–Kier alpha value is -2.40. The van der Waals surface area contributed by atoms with Crippen molar-refractivity contribution in [3.8, 4) is 11.5 Å². The average molecular weight is 533 g/mol. The maximum Gasteiger partial charge on any atom is 0.342 e. The maximum atomic E-state index is 12.7. The van der Waals surface area contributed by atoms with Crippen molar-refractivity contribution >= 4 is 11.9 Å². The zero-order valence-corrected chi connectivity index (χ0v) is 23.2. The Morgan fingerprint density at radius 3 is 2.42 bits per heavy atom. The molecule has 2 saturated heterocycles. The molecule has 7 atom stereocenters. The first-order valence-electron chi connectivity index (χ1n) is 13.1. The van der Waals surface area contributed by atoms with Crippen LogP contribution in [0.25, 0.3) is 0 Å². The molecule has 1 aliphatic carbocycles. The van der Waals surface area contributed by atoms with Gasteiger partial charge in [0.05, 0.1) is 19.6 Å². The van der Waals surface area contributed by atoms with Gasteiger partial charge >= 0.3 is 11.9 Å². The van der Waals surface area contributed by atoms with Crippen LogP contribution in [0.2, 0.25) is 0 Å². The molecule has 1 aromatic carbocycles. The maximum absolute atomic E-state index is 12.7. The number of aliphatic hydroxyl groups is 1. The van der Waals surface area contributed by atoms with Crippen molar-refractivity contribution in [3.63, 3.8) is 0 Å². The van der Waals surface area contributed by atoms with Crippen molar-refractivity contribution in [3.05, 3.63) is 22.3 Å². The molecule has 10 heteroatoms. The van der Waals surface area contributed by atoms with Crippen LogP contribution in [0.5, 0.6) is 11.5 Å². The molecule has 3 fully saturated rings. The van der Waals surface area contributed by atoms with E-state index in [1.807, 2.05) is 34.6 Å². The summed E-state index contributed by atoms with van der Waals surface area (Å²) < 4.78 is 42.9. The van der Waals surface area contributed by atoms with Crippen molar-refractivity contribution < 1.29 is 47.9 Å². The fraction of sp³-hybridized carbons (Fsp3) is 0.714. The summed E-state index contributed by atoms with van der Waals surface area (Å²) in [6, 6.07) is 0. The van der Waals surface area contributed by atoms with E-state index in [4.69, 9.17) is 33.2 Å². The van der Waals surface area contributed by atoms with Crippen LogP contribution in [0.15, 0.2) is 0 Å². The van der Waals surface area contributed by atoms with E-state index in [-0.39, 0.29) is 25.4 Å². The monoisotopic (exact) mass is 532 g/mol. The van der Waals surface area contributed by atoms with Crippen LogP contribution in [0.3, 0.4) is 0 Å². The number of carbonyl (C=O) groups excluding carboxylic acids is 2. The summed E-state index contributed by atoms with van der Waals surface area (Å²) in [6.45, 7) is 11.1. The second-order valence-corrected chi connectivity index (χ2v) is 12.2. The predicted octanol–water partition coefficient (Wildman–Crippen LogP) is 2.95. The first-order chi connectivity index (χ1) is 17.7. The third kappa shape index (κ3) is 2.82. The largest absolute Gasteiger partial charge is 0.495 e. The van der Waals surface area contributed by atoms with E-state index >= 15 is 0 Å². The van der Waals surface area contributed by atoms with Gasteiger partial charge in [-0.3, -0.25) is 4.79 Å². The molecule has 1 aromatic rings. The van der Waals surface area contributed by atoms with Crippen molar-refractivity contribution in [2.45, 2.75) is 102 Å². The summed E-state index contributed by atoms with van der Waals surface area (Å²) in [7, 11) is 3.01. The summed E-state index contributed by atoms with van der Waals surface area (Å²) in [6.07, 6.45) is -0.990. The first-order valence-corrected chi connectivity index (χ1v) is 13.1. The van der Waals surface area contributed by atoms with Gasteiger partial charge in [0.15, 0.2) is 0 Å². The van der Waals surface area contributed by atoms with E-state index in [9.17, 15) is 14.7 Å². The van der Waals surface area contributed by atoms with Gasteiger partial charge in [0.2, 0.25) is 0 Å². The van der Waals surface area contributed by atoms with E-state index in [1.54, 1.807) is 0 Å². The summed E-state index contributed by atoms with van der Waals surface area (Å²) in [5, 5.41) is 12.0. The van der Waals surface area contributed by atoms with Gasteiger partial charge in [-0.1, -0.05) is 6.92 Å². The highest BCUT2D eigenvalue weighted by Gasteiger charge is 2.84. The van der Waals surface area contributed by atoms with E-state index in [1.165, 1.54) is 21.1 Å². The highest BCUT2D eigenvalue weighted by molar-refractivity contribution is 5.98. The van der Waals surface area contributed by atoms with Gasteiger partial charge in [-0.15, -0.1) is 0 Å². The van der Waals surface area contributed by atoms with Crippen molar-refractivity contribution in [2.75, 3.05) is 14.2 Å². The molecular weight excluding hydrogens is 496 g/mol. The normalized spacial score (nSPS) is 41.7. The Morgan fingerprint density at radius 2 is 1.79 bits per heavy atom. The molecule has 1 saturated carbocycles. The smallest absolute Gasteiger partial charge is 0.342 e. The van der Waals surface area contributed by atoms with E-state index < -0.39 is 52.3 Å². The van der Waals surface area contributed by atoms with Gasteiger partial charge in [-0.05, 0) is 39.7 Å². The standard InChI is InChI=1S/C28H36O10/c1-13-16-12-34-23(31)20(16)22(32-7)15-9-17-25(5,36-21(13)15)10-18(30)28-24(3,4)37-27(33-8,38-28)11-19(26(17,28)6)35-14(2)29/h17-19,30H,9-12H2,1-8H3/t17-,18+,19+,25-,26-,27-,28+/m0/s1. The number of methoxy groups -OCH3 is 2. The highest BCUT2D eigenvalue weighted by Crippen LogP contribution is 2.71. The number of carbonyl (C=O) groups is 2. The van der Waals surface area contributed by atoms with Crippen molar-refractivity contribution in [1.29, 1.82) is 0 Å². The minimum Gasteiger partial charge on any atom is -0.495 e. The molecule has 4 heterocycles. The Labute approximate surface area is 221 Å². The molecule has 4 aliphatic heterocycles. The van der Waals surface area contributed by atoms with E-state index in [0.29, 0.717) is 23.5 Å². The second-order valence-electron chi connectivity index (χ2n) is 12.2. The molecule has 10 nitrogen and oxygen atoms in total. The minimum atomic E-state index is -1.48. The second kappa shape index (κ2) is 7.62. The molecule has 1 N–H and O–H groups in total. The number of ether oxygens (including phenoxy) is 7. The Balaban J connectivity index is 1.60. The van der Waals surface area contributed by atoms with E-state index in [2.05, 4.69) is 0 Å². The molecule has 6 rings (SSSR count).